The second kappa shape index (κ2) is 7.77. The second-order valence-electron chi connectivity index (χ2n) is 4.14. The number of hydrogen-bond acceptors (Lipinski definition) is 2. The van der Waals surface area contributed by atoms with Crippen LogP contribution in [0.4, 0.5) is 8.78 Å². The van der Waals surface area contributed by atoms with Crippen LogP contribution in [0.15, 0.2) is 18.2 Å². The van der Waals surface area contributed by atoms with E-state index in [4.69, 9.17) is 11.6 Å². The van der Waals surface area contributed by atoms with Crippen molar-refractivity contribution in [1.82, 2.24) is 4.72 Å². The Bertz CT molecular complexity index is 488. The molecule has 19 heavy (non-hydrogen) atoms. The fraction of sp³-hybridized carbons (Fsp3) is 0.500. The maximum absolute atomic E-state index is 12.9. The summed E-state index contributed by atoms with van der Waals surface area (Å²) in [5.74, 6) is -0.894. The van der Waals surface area contributed by atoms with Gasteiger partial charge in [0.25, 0.3) is 0 Å². The minimum atomic E-state index is -3.34. The van der Waals surface area contributed by atoms with Gasteiger partial charge in [0.05, 0.1) is 5.75 Å². The Kier molecular flexibility index (Phi) is 6.68. The zero-order chi connectivity index (χ0) is 14.3. The molecular weight excluding hydrogens is 296 g/mol. The molecule has 0 fully saturated rings. The van der Waals surface area contributed by atoms with Crippen LogP contribution >= 0.6 is 11.6 Å². The van der Waals surface area contributed by atoms with Crippen LogP contribution in [0.5, 0.6) is 0 Å². The number of sulfonamides is 1. The van der Waals surface area contributed by atoms with E-state index < -0.39 is 21.7 Å². The Balaban J connectivity index is 2.40. The molecule has 0 bridgehead atoms. The second-order valence-corrected chi connectivity index (χ2v) is 6.44. The van der Waals surface area contributed by atoms with Crippen LogP contribution < -0.4 is 4.72 Å². The zero-order valence-corrected chi connectivity index (χ0v) is 11.9. The molecule has 0 unspecified atom stereocenters. The predicted octanol–water partition coefficient (Wildman–Crippen LogP) is 2.45. The molecule has 0 radical (unpaired) electrons. The van der Waals surface area contributed by atoms with Gasteiger partial charge in [-0.15, -0.1) is 11.6 Å². The number of halogens is 3. The Morgan fingerprint density at radius 2 is 1.74 bits per heavy atom. The van der Waals surface area contributed by atoms with Gasteiger partial charge < -0.3 is 0 Å². The summed E-state index contributed by atoms with van der Waals surface area (Å²) in [4.78, 5) is 0. The van der Waals surface area contributed by atoms with Crippen LogP contribution in [-0.4, -0.2) is 26.6 Å². The average molecular weight is 312 g/mol. The molecular formula is C12H16ClF2NO2S. The summed E-state index contributed by atoms with van der Waals surface area (Å²) in [5.41, 5.74) is 0.418. The molecule has 0 atom stereocenters. The molecule has 0 aromatic heterocycles. The monoisotopic (exact) mass is 311 g/mol. The Morgan fingerprint density at radius 3 is 2.32 bits per heavy atom. The van der Waals surface area contributed by atoms with Gasteiger partial charge in [-0.05, 0) is 37.0 Å². The minimum Gasteiger partial charge on any atom is -0.215 e. The van der Waals surface area contributed by atoms with Gasteiger partial charge in [-0.2, -0.15) is 0 Å². The standard InChI is InChI=1S/C12H16ClF2NO2S/c13-4-1-2-6-19(17,18)16-5-3-10-7-11(14)9-12(15)8-10/h7-9,16H,1-6H2. The SMILES string of the molecule is O=S(=O)(CCCCCl)NCCc1cc(F)cc(F)c1. The Morgan fingerprint density at radius 1 is 1.11 bits per heavy atom. The summed E-state index contributed by atoms with van der Waals surface area (Å²) in [6, 6.07) is 3.15. The van der Waals surface area contributed by atoms with Gasteiger partial charge >= 0.3 is 0 Å². The number of unbranched alkanes of at least 4 members (excludes halogenated alkanes) is 1. The first-order valence-corrected chi connectivity index (χ1v) is 8.10. The lowest BCUT2D eigenvalue weighted by Gasteiger charge is -2.06. The number of benzene rings is 1. The average Bonchev–Trinajstić information content (AvgIpc) is 2.27. The summed E-state index contributed by atoms with van der Waals surface area (Å²) >= 11 is 5.46. The fourth-order valence-electron chi connectivity index (χ4n) is 1.56. The first kappa shape index (κ1) is 16.3. The molecule has 0 aliphatic carbocycles. The maximum atomic E-state index is 12.9. The molecule has 108 valence electrons. The Hall–Kier alpha value is -0.720. The lowest BCUT2D eigenvalue weighted by atomic mass is 10.1. The first-order valence-electron chi connectivity index (χ1n) is 5.91. The summed E-state index contributed by atoms with van der Waals surface area (Å²) in [7, 11) is -3.34. The van der Waals surface area contributed by atoms with E-state index >= 15 is 0 Å². The van der Waals surface area contributed by atoms with Crippen molar-refractivity contribution in [3.05, 3.63) is 35.4 Å². The maximum Gasteiger partial charge on any atom is 0.211 e. The van der Waals surface area contributed by atoms with E-state index in [0.717, 1.165) is 6.07 Å². The molecule has 3 nitrogen and oxygen atoms in total. The van der Waals surface area contributed by atoms with Crippen molar-refractivity contribution in [3.8, 4) is 0 Å². The molecule has 1 aromatic carbocycles. The van der Waals surface area contributed by atoms with Crippen LogP contribution in [0, 0.1) is 11.6 Å². The van der Waals surface area contributed by atoms with Crippen molar-refractivity contribution in [2.75, 3.05) is 18.2 Å². The lowest BCUT2D eigenvalue weighted by molar-refractivity contribution is 0.575. The quantitative estimate of drug-likeness (QED) is 0.592. The molecule has 0 spiro atoms. The van der Waals surface area contributed by atoms with Crippen molar-refractivity contribution in [2.24, 2.45) is 0 Å². The molecule has 0 saturated carbocycles. The summed E-state index contributed by atoms with van der Waals surface area (Å²) in [6.07, 6.45) is 1.37. The van der Waals surface area contributed by atoms with Crippen LogP contribution in [-0.2, 0) is 16.4 Å². The lowest BCUT2D eigenvalue weighted by Crippen LogP contribution is -2.28. The molecule has 7 heteroatoms. The predicted molar refractivity (Wildman–Crippen MR) is 71.8 cm³/mol. The fourth-order valence-corrected chi connectivity index (χ4v) is 2.90. The third kappa shape index (κ3) is 6.84. The molecule has 0 saturated heterocycles. The van der Waals surface area contributed by atoms with E-state index in [-0.39, 0.29) is 18.7 Å². The summed E-state index contributed by atoms with van der Waals surface area (Å²) in [6.45, 7) is 0.117. The van der Waals surface area contributed by atoms with Crippen molar-refractivity contribution in [1.29, 1.82) is 0 Å². The highest BCUT2D eigenvalue weighted by molar-refractivity contribution is 7.89. The highest BCUT2D eigenvalue weighted by atomic mass is 35.5. The van der Waals surface area contributed by atoms with Crippen LogP contribution in [0.2, 0.25) is 0 Å². The summed E-state index contributed by atoms with van der Waals surface area (Å²) in [5, 5.41) is 0. The smallest absolute Gasteiger partial charge is 0.211 e. The van der Waals surface area contributed by atoms with Gasteiger partial charge in [-0.1, -0.05) is 0 Å². The molecule has 0 amide bonds. The topological polar surface area (TPSA) is 46.2 Å². The van der Waals surface area contributed by atoms with E-state index in [9.17, 15) is 17.2 Å². The number of hydrogen-bond donors (Lipinski definition) is 1. The van der Waals surface area contributed by atoms with E-state index in [0.29, 0.717) is 24.3 Å². The van der Waals surface area contributed by atoms with Crippen molar-refractivity contribution in [3.63, 3.8) is 0 Å². The van der Waals surface area contributed by atoms with Gasteiger partial charge in [0.2, 0.25) is 10.0 Å². The van der Waals surface area contributed by atoms with E-state index in [2.05, 4.69) is 4.72 Å². The third-order valence-corrected chi connectivity index (χ3v) is 4.19. The zero-order valence-electron chi connectivity index (χ0n) is 10.3. The van der Waals surface area contributed by atoms with Crippen molar-refractivity contribution in [2.45, 2.75) is 19.3 Å². The normalized spacial score (nSPS) is 11.7. The van der Waals surface area contributed by atoms with Crippen LogP contribution in [0.3, 0.4) is 0 Å². The molecule has 1 rings (SSSR count). The highest BCUT2D eigenvalue weighted by Crippen LogP contribution is 2.08. The van der Waals surface area contributed by atoms with Crippen molar-refractivity contribution < 1.29 is 17.2 Å². The first-order chi connectivity index (χ1) is 8.93. The van der Waals surface area contributed by atoms with Crippen LogP contribution in [0.25, 0.3) is 0 Å². The number of alkyl halides is 1. The number of rotatable bonds is 8. The highest BCUT2D eigenvalue weighted by Gasteiger charge is 2.09. The molecule has 0 aliphatic heterocycles. The van der Waals surface area contributed by atoms with E-state index in [1.165, 1.54) is 12.1 Å². The largest absolute Gasteiger partial charge is 0.215 e. The number of nitrogens with one attached hydrogen (secondary N) is 1. The van der Waals surface area contributed by atoms with Crippen LogP contribution in [0.1, 0.15) is 18.4 Å². The van der Waals surface area contributed by atoms with E-state index in [1.807, 2.05) is 0 Å². The minimum absolute atomic E-state index is 0.0111. The van der Waals surface area contributed by atoms with Gasteiger partial charge in [0.1, 0.15) is 11.6 Å². The molecule has 0 heterocycles. The van der Waals surface area contributed by atoms with Crippen molar-refractivity contribution >= 4 is 21.6 Å². The third-order valence-electron chi connectivity index (χ3n) is 2.45. The van der Waals surface area contributed by atoms with E-state index in [1.54, 1.807) is 0 Å². The molecule has 1 N–H and O–H groups in total. The Labute approximate surface area is 117 Å². The van der Waals surface area contributed by atoms with Gasteiger partial charge in [0.15, 0.2) is 0 Å². The van der Waals surface area contributed by atoms with Gasteiger partial charge in [-0.3, -0.25) is 0 Å². The molecule has 1 aromatic rings. The van der Waals surface area contributed by atoms with Gasteiger partial charge in [-0.25, -0.2) is 21.9 Å². The molecule has 0 aliphatic rings. The summed E-state index contributed by atoms with van der Waals surface area (Å²) < 4.78 is 51.3. The van der Waals surface area contributed by atoms with Gasteiger partial charge in [0, 0.05) is 18.5 Å².